The first-order chi connectivity index (χ1) is 14.0. The molecule has 1 amide bonds. The van der Waals surface area contributed by atoms with Gasteiger partial charge in [-0.15, -0.1) is 0 Å². The summed E-state index contributed by atoms with van der Waals surface area (Å²) in [4.78, 5) is 17.1. The lowest BCUT2D eigenvalue weighted by atomic mass is 10.1. The molecule has 0 unspecified atom stereocenters. The maximum atomic E-state index is 14.4. The number of fused-ring (bicyclic) bond motifs is 3. The van der Waals surface area contributed by atoms with E-state index in [4.69, 9.17) is 0 Å². The van der Waals surface area contributed by atoms with Crippen molar-refractivity contribution in [1.29, 1.82) is 5.26 Å². The molecule has 0 aliphatic heterocycles. The van der Waals surface area contributed by atoms with E-state index in [-0.39, 0.29) is 28.7 Å². The number of pyridine rings is 1. The van der Waals surface area contributed by atoms with E-state index in [2.05, 4.69) is 15.4 Å². The smallest absolute Gasteiger partial charge is 0.277 e. The predicted molar refractivity (Wildman–Crippen MR) is 99.7 cm³/mol. The van der Waals surface area contributed by atoms with Gasteiger partial charge >= 0.3 is 0 Å². The molecule has 1 aromatic carbocycles. The van der Waals surface area contributed by atoms with Crippen molar-refractivity contribution in [1.82, 2.24) is 14.8 Å². The van der Waals surface area contributed by atoms with Crippen molar-refractivity contribution in [2.75, 3.05) is 5.32 Å². The quantitative estimate of drug-likeness (QED) is 0.739. The zero-order valence-corrected chi connectivity index (χ0v) is 15.4. The Morgan fingerprint density at radius 3 is 2.93 bits per heavy atom. The van der Waals surface area contributed by atoms with E-state index in [1.54, 1.807) is 19.2 Å². The van der Waals surface area contributed by atoms with Gasteiger partial charge in [-0.3, -0.25) is 4.79 Å². The fraction of sp³-hybridized carbons (Fsp3) is 0.238. The fourth-order valence-electron chi connectivity index (χ4n) is 4.06. The highest BCUT2D eigenvalue weighted by Gasteiger charge is 2.50. The molecule has 3 aromatic rings. The number of rotatable bonds is 3. The molecular weight excluding hydrogens is 376 g/mol. The number of carbonyl (C=O) groups is 1. The van der Waals surface area contributed by atoms with Crippen LogP contribution in [0.2, 0.25) is 0 Å². The number of benzene rings is 1. The van der Waals surface area contributed by atoms with E-state index in [0.717, 1.165) is 29.3 Å². The van der Waals surface area contributed by atoms with Gasteiger partial charge in [-0.05, 0) is 49.4 Å². The summed E-state index contributed by atoms with van der Waals surface area (Å²) in [6.07, 6.45) is 3.22. The first kappa shape index (κ1) is 17.5. The minimum Gasteiger partial charge on any atom is -0.304 e. The van der Waals surface area contributed by atoms with Crippen molar-refractivity contribution < 1.29 is 13.6 Å². The molecule has 0 spiro atoms. The number of anilines is 1. The molecule has 2 aromatic heterocycles. The van der Waals surface area contributed by atoms with Gasteiger partial charge in [0.2, 0.25) is 0 Å². The summed E-state index contributed by atoms with van der Waals surface area (Å²) in [7, 11) is 0. The Labute approximate surface area is 164 Å². The van der Waals surface area contributed by atoms with Crippen molar-refractivity contribution >= 4 is 11.7 Å². The van der Waals surface area contributed by atoms with Crippen LogP contribution in [-0.4, -0.2) is 20.7 Å². The van der Waals surface area contributed by atoms with E-state index in [9.17, 15) is 18.8 Å². The van der Waals surface area contributed by atoms with Crippen LogP contribution < -0.4 is 5.32 Å². The predicted octanol–water partition coefficient (Wildman–Crippen LogP) is 3.64. The Hall–Kier alpha value is -3.60. The Kier molecular flexibility index (Phi) is 3.74. The van der Waals surface area contributed by atoms with E-state index in [1.165, 1.54) is 16.8 Å². The molecule has 6 nitrogen and oxygen atoms in total. The third-order valence-corrected chi connectivity index (χ3v) is 5.49. The second-order valence-electron chi connectivity index (χ2n) is 7.50. The average molecular weight is 391 g/mol. The second kappa shape index (κ2) is 6.21. The van der Waals surface area contributed by atoms with Gasteiger partial charge < -0.3 is 5.32 Å². The largest absolute Gasteiger partial charge is 0.304 e. The van der Waals surface area contributed by atoms with E-state index < -0.39 is 17.5 Å². The Morgan fingerprint density at radius 1 is 1.34 bits per heavy atom. The lowest BCUT2D eigenvalue weighted by Crippen LogP contribution is -2.17. The number of halogens is 2. The van der Waals surface area contributed by atoms with Gasteiger partial charge in [-0.2, -0.15) is 10.4 Å². The van der Waals surface area contributed by atoms with Gasteiger partial charge in [0.1, 0.15) is 17.6 Å². The molecule has 0 saturated heterocycles. The van der Waals surface area contributed by atoms with Gasteiger partial charge in [0.15, 0.2) is 17.3 Å². The van der Waals surface area contributed by atoms with Gasteiger partial charge in [0.25, 0.3) is 5.91 Å². The third-order valence-electron chi connectivity index (χ3n) is 5.49. The summed E-state index contributed by atoms with van der Waals surface area (Å²) >= 11 is 0. The summed E-state index contributed by atoms with van der Waals surface area (Å²) in [5.41, 5.74) is 2.93. The van der Waals surface area contributed by atoms with E-state index in [0.29, 0.717) is 12.3 Å². The summed E-state index contributed by atoms with van der Waals surface area (Å²) < 4.78 is 29.1. The highest BCUT2D eigenvalue weighted by atomic mass is 19.1. The molecule has 0 radical (unpaired) electrons. The molecule has 1 saturated carbocycles. The topological polar surface area (TPSA) is 83.6 Å². The lowest BCUT2D eigenvalue weighted by molar-refractivity contribution is 0.102. The molecule has 144 valence electrons. The van der Waals surface area contributed by atoms with Crippen LogP contribution in [0.3, 0.4) is 0 Å². The molecule has 2 aliphatic rings. The highest BCUT2D eigenvalue weighted by molar-refractivity contribution is 6.04. The number of hydrogen-bond acceptors (Lipinski definition) is 4. The maximum absolute atomic E-state index is 14.4. The van der Waals surface area contributed by atoms with E-state index >= 15 is 0 Å². The summed E-state index contributed by atoms with van der Waals surface area (Å²) in [5.74, 6) is -1.10. The van der Waals surface area contributed by atoms with Crippen molar-refractivity contribution in [3.05, 3.63) is 70.2 Å². The van der Waals surface area contributed by atoms with Gasteiger partial charge in [0, 0.05) is 23.7 Å². The number of nitrogens with one attached hydrogen (secondary N) is 1. The van der Waals surface area contributed by atoms with Crippen LogP contribution in [0.15, 0.2) is 30.5 Å². The Morgan fingerprint density at radius 2 is 2.17 bits per heavy atom. The average Bonchev–Trinajstić information content (AvgIpc) is 3.19. The van der Waals surface area contributed by atoms with Crippen LogP contribution >= 0.6 is 0 Å². The minimum absolute atomic E-state index is 0.112. The lowest BCUT2D eigenvalue weighted by Gasteiger charge is -2.07. The molecule has 1 N–H and O–H groups in total. The van der Waals surface area contributed by atoms with Crippen LogP contribution in [-0.2, 0) is 6.42 Å². The van der Waals surface area contributed by atoms with Crippen molar-refractivity contribution in [2.45, 2.75) is 25.7 Å². The number of nitrogens with zero attached hydrogens (tertiary/aromatic N) is 4. The number of nitriles is 1. The van der Waals surface area contributed by atoms with Crippen LogP contribution in [0, 0.1) is 35.8 Å². The maximum Gasteiger partial charge on any atom is 0.277 e. The van der Waals surface area contributed by atoms with Crippen molar-refractivity contribution in [2.24, 2.45) is 5.92 Å². The first-order valence-electron chi connectivity index (χ1n) is 9.21. The molecule has 2 heterocycles. The fourth-order valence-corrected chi connectivity index (χ4v) is 4.06. The van der Waals surface area contributed by atoms with Crippen LogP contribution in [0.1, 0.15) is 45.2 Å². The van der Waals surface area contributed by atoms with Crippen LogP contribution in [0.25, 0.3) is 5.69 Å². The summed E-state index contributed by atoms with van der Waals surface area (Å²) in [6.45, 7) is 1.80. The number of carbonyl (C=O) groups excluding carboxylic acids is 1. The number of amides is 1. The molecule has 8 heteroatoms. The number of aryl methyl sites for hydroxylation is 1. The normalized spacial score (nSPS) is 18.7. The number of hydrogen-bond donors (Lipinski definition) is 1. The molecule has 29 heavy (non-hydrogen) atoms. The minimum atomic E-state index is -0.738. The van der Waals surface area contributed by atoms with Gasteiger partial charge in [0.05, 0.1) is 11.3 Å². The standard InChI is InChI=1S/C21H15F2N5O/c1-10-4-12(8-24)20(25-9-10)26-21(29)18-15-6-11-5-14(11)19(15)28(27-18)17-3-2-13(22)7-16(17)23/h2-4,7,9,11,14H,5-6H2,1H3,(H,25,26,29)/t11-,14-/m0/s1. The Bertz CT molecular complexity index is 1230. The van der Waals surface area contributed by atoms with E-state index in [1.807, 2.05) is 6.07 Å². The Balaban J connectivity index is 1.56. The van der Waals surface area contributed by atoms with Crippen molar-refractivity contribution in [3.63, 3.8) is 0 Å². The monoisotopic (exact) mass is 391 g/mol. The summed E-state index contributed by atoms with van der Waals surface area (Å²) in [5, 5.41) is 16.3. The molecule has 5 rings (SSSR count). The SMILES string of the molecule is Cc1cnc(NC(=O)c2nn(-c3ccc(F)cc3F)c3c2C[C@@H]2C[C@H]32)c(C#N)c1. The van der Waals surface area contributed by atoms with Crippen LogP contribution in [0.5, 0.6) is 0 Å². The second-order valence-corrected chi connectivity index (χ2v) is 7.50. The zero-order chi connectivity index (χ0) is 20.3. The first-order valence-corrected chi connectivity index (χ1v) is 9.21. The van der Waals surface area contributed by atoms with Crippen molar-refractivity contribution in [3.8, 4) is 11.8 Å². The highest BCUT2D eigenvalue weighted by Crippen LogP contribution is 2.57. The zero-order valence-electron chi connectivity index (χ0n) is 15.4. The summed E-state index contributed by atoms with van der Waals surface area (Å²) in [6, 6.07) is 6.94. The molecule has 2 aliphatic carbocycles. The molecule has 2 atom stereocenters. The molecule has 1 fully saturated rings. The molecule has 0 bridgehead atoms. The number of aromatic nitrogens is 3. The van der Waals surface area contributed by atoms with Crippen LogP contribution in [0.4, 0.5) is 14.6 Å². The van der Waals surface area contributed by atoms with Gasteiger partial charge in [-0.25, -0.2) is 18.4 Å². The van der Waals surface area contributed by atoms with Gasteiger partial charge in [-0.1, -0.05) is 0 Å². The molecular formula is C21H15F2N5O. The third kappa shape index (κ3) is 2.78.